The van der Waals surface area contributed by atoms with Crippen molar-refractivity contribution in [3.8, 4) is 0 Å². The smallest absolute Gasteiger partial charge is 0.321 e. The van der Waals surface area contributed by atoms with Gasteiger partial charge in [-0.25, -0.2) is 4.79 Å². The highest BCUT2D eigenvalue weighted by Gasteiger charge is 2.23. The van der Waals surface area contributed by atoms with Gasteiger partial charge in [-0.1, -0.05) is 0 Å². The molecular weight excluding hydrogens is 260 g/mol. The molecule has 1 aromatic rings. The van der Waals surface area contributed by atoms with Crippen molar-refractivity contribution in [3.63, 3.8) is 0 Å². The Morgan fingerprint density at radius 1 is 1.55 bits per heavy atom. The molecule has 7 nitrogen and oxygen atoms in total. The zero-order chi connectivity index (χ0) is 14.5. The standard InChI is InChI=1S/C13H18N4O3/c14-9(12(18)19)5-7-16-13(20)17-8-2-3-10-11(17)4-1-6-15-10/h1,4,6,9H,2-3,5,7-8,14H2,(H,16,20)(H,18,19)/t9-/m0/s1. The van der Waals surface area contributed by atoms with Gasteiger partial charge in [0.1, 0.15) is 6.04 Å². The van der Waals surface area contributed by atoms with Crippen molar-refractivity contribution >= 4 is 17.7 Å². The highest BCUT2D eigenvalue weighted by atomic mass is 16.4. The molecule has 7 heteroatoms. The quantitative estimate of drug-likeness (QED) is 0.736. The highest BCUT2D eigenvalue weighted by Crippen LogP contribution is 2.24. The maximum atomic E-state index is 12.1. The van der Waals surface area contributed by atoms with Gasteiger partial charge in [-0.2, -0.15) is 0 Å². The van der Waals surface area contributed by atoms with Crippen molar-refractivity contribution in [1.82, 2.24) is 10.3 Å². The zero-order valence-corrected chi connectivity index (χ0v) is 11.1. The molecule has 108 valence electrons. The lowest BCUT2D eigenvalue weighted by atomic mass is 10.1. The molecule has 2 heterocycles. The van der Waals surface area contributed by atoms with Crippen molar-refractivity contribution in [2.24, 2.45) is 5.73 Å². The number of urea groups is 1. The molecule has 0 aromatic carbocycles. The predicted octanol–water partition coefficient (Wildman–Crippen LogP) is 0.346. The van der Waals surface area contributed by atoms with E-state index >= 15 is 0 Å². The van der Waals surface area contributed by atoms with Gasteiger partial charge in [-0.3, -0.25) is 14.7 Å². The number of aryl methyl sites for hydroxylation is 1. The molecule has 1 aliphatic heterocycles. The van der Waals surface area contributed by atoms with Crippen molar-refractivity contribution in [1.29, 1.82) is 0 Å². The first-order valence-electron chi connectivity index (χ1n) is 6.57. The monoisotopic (exact) mass is 278 g/mol. The minimum atomic E-state index is -1.06. The fraction of sp³-hybridized carbons (Fsp3) is 0.462. The van der Waals surface area contributed by atoms with Gasteiger partial charge in [0.2, 0.25) is 0 Å². The molecule has 2 amide bonds. The normalized spacial score (nSPS) is 15.3. The molecule has 0 aliphatic carbocycles. The second kappa shape index (κ2) is 6.33. The Kier molecular flexibility index (Phi) is 4.52. The summed E-state index contributed by atoms with van der Waals surface area (Å²) < 4.78 is 0. The molecule has 0 fully saturated rings. The molecule has 0 unspecified atom stereocenters. The molecule has 2 rings (SSSR count). The van der Waals surface area contributed by atoms with Crippen molar-refractivity contribution in [2.75, 3.05) is 18.0 Å². The summed E-state index contributed by atoms with van der Waals surface area (Å²) in [5.74, 6) is -1.06. The van der Waals surface area contributed by atoms with Gasteiger partial charge in [0.25, 0.3) is 0 Å². The second-order valence-corrected chi connectivity index (χ2v) is 4.69. The fourth-order valence-electron chi connectivity index (χ4n) is 2.16. The van der Waals surface area contributed by atoms with E-state index in [0.717, 1.165) is 24.2 Å². The first-order chi connectivity index (χ1) is 9.59. The summed E-state index contributed by atoms with van der Waals surface area (Å²) in [6, 6.07) is 2.47. The number of anilines is 1. The minimum Gasteiger partial charge on any atom is -0.480 e. The van der Waals surface area contributed by atoms with E-state index in [2.05, 4.69) is 10.3 Å². The maximum absolute atomic E-state index is 12.1. The van der Waals surface area contributed by atoms with Crippen LogP contribution in [0, 0.1) is 0 Å². The molecule has 1 atom stereocenters. The third-order valence-electron chi connectivity index (χ3n) is 3.25. The van der Waals surface area contributed by atoms with E-state index in [1.165, 1.54) is 0 Å². The number of carbonyl (C=O) groups excluding carboxylic acids is 1. The number of nitrogens with zero attached hydrogens (tertiary/aromatic N) is 2. The summed E-state index contributed by atoms with van der Waals surface area (Å²) in [5.41, 5.74) is 7.11. The zero-order valence-electron chi connectivity index (χ0n) is 11.1. The summed E-state index contributed by atoms with van der Waals surface area (Å²) in [5, 5.41) is 11.4. The number of carbonyl (C=O) groups is 2. The van der Waals surface area contributed by atoms with E-state index in [-0.39, 0.29) is 19.0 Å². The van der Waals surface area contributed by atoms with Gasteiger partial charge in [-0.15, -0.1) is 0 Å². The molecule has 4 N–H and O–H groups in total. The van der Waals surface area contributed by atoms with Crippen LogP contribution in [0.3, 0.4) is 0 Å². The Hall–Kier alpha value is -2.15. The lowest BCUT2D eigenvalue weighted by Crippen LogP contribution is -2.44. The van der Waals surface area contributed by atoms with E-state index in [1.54, 1.807) is 17.2 Å². The van der Waals surface area contributed by atoms with Gasteiger partial charge in [-0.05, 0) is 31.4 Å². The lowest BCUT2D eigenvalue weighted by molar-refractivity contribution is -0.138. The van der Waals surface area contributed by atoms with Crippen molar-refractivity contribution in [2.45, 2.75) is 25.3 Å². The second-order valence-electron chi connectivity index (χ2n) is 4.69. The molecule has 1 aliphatic rings. The van der Waals surface area contributed by atoms with Crippen LogP contribution < -0.4 is 16.0 Å². The number of rotatable bonds is 4. The van der Waals surface area contributed by atoms with E-state index < -0.39 is 12.0 Å². The van der Waals surface area contributed by atoms with Crippen LogP contribution in [-0.2, 0) is 11.2 Å². The van der Waals surface area contributed by atoms with Gasteiger partial charge in [0.05, 0.1) is 11.4 Å². The van der Waals surface area contributed by atoms with Crippen LogP contribution in [0.4, 0.5) is 10.5 Å². The summed E-state index contributed by atoms with van der Waals surface area (Å²) in [7, 11) is 0. The molecule has 0 saturated heterocycles. The minimum absolute atomic E-state index is 0.203. The summed E-state index contributed by atoms with van der Waals surface area (Å²) >= 11 is 0. The Morgan fingerprint density at radius 3 is 3.10 bits per heavy atom. The number of amides is 2. The van der Waals surface area contributed by atoms with Crippen LogP contribution in [0.5, 0.6) is 0 Å². The van der Waals surface area contributed by atoms with Crippen LogP contribution >= 0.6 is 0 Å². The Labute approximate surface area is 116 Å². The number of carboxylic acids is 1. The summed E-state index contributed by atoms with van der Waals surface area (Å²) in [6.45, 7) is 0.869. The molecule has 20 heavy (non-hydrogen) atoms. The first-order valence-corrected chi connectivity index (χ1v) is 6.57. The summed E-state index contributed by atoms with van der Waals surface area (Å²) in [6.07, 6.45) is 3.65. The van der Waals surface area contributed by atoms with Crippen LogP contribution in [0.25, 0.3) is 0 Å². The largest absolute Gasteiger partial charge is 0.480 e. The van der Waals surface area contributed by atoms with Crippen LogP contribution in [0.2, 0.25) is 0 Å². The topological polar surface area (TPSA) is 109 Å². The van der Waals surface area contributed by atoms with Crippen molar-refractivity contribution in [3.05, 3.63) is 24.0 Å². The average Bonchev–Trinajstić information content (AvgIpc) is 2.46. The number of aromatic nitrogens is 1. The van der Waals surface area contributed by atoms with Crippen LogP contribution in [0.15, 0.2) is 18.3 Å². The Bertz CT molecular complexity index is 506. The number of hydrogen-bond donors (Lipinski definition) is 3. The molecule has 1 aromatic heterocycles. The maximum Gasteiger partial charge on any atom is 0.321 e. The average molecular weight is 278 g/mol. The number of aliphatic carboxylic acids is 1. The Balaban J connectivity index is 1.92. The van der Waals surface area contributed by atoms with Gasteiger partial charge < -0.3 is 16.2 Å². The molecule has 0 bridgehead atoms. The third kappa shape index (κ3) is 3.24. The third-order valence-corrected chi connectivity index (χ3v) is 3.25. The van der Waals surface area contributed by atoms with Crippen LogP contribution in [-0.4, -0.2) is 41.2 Å². The van der Waals surface area contributed by atoms with E-state index in [0.29, 0.717) is 6.54 Å². The molecule has 0 saturated carbocycles. The molecular formula is C13H18N4O3. The number of nitrogens with two attached hydrogens (primary N) is 1. The van der Waals surface area contributed by atoms with Gasteiger partial charge in [0, 0.05) is 19.3 Å². The molecule has 0 spiro atoms. The SMILES string of the molecule is N[C@@H](CCNC(=O)N1CCCc2ncccc21)C(=O)O. The summed E-state index contributed by atoms with van der Waals surface area (Å²) in [4.78, 5) is 28.6. The predicted molar refractivity (Wildman–Crippen MR) is 73.5 cm³/mol. The first kappa shape index (κ1) is 14.3. The number of hydrogen-bond acceptors (Lipinski definition) is 4. The number of pyridine rings is 1. The number of fused-ring (bicyclic) bond motifs is 1. The fourth-order valence-corrected chi connectivity index (χ4v) is 2.16. The van der Waals surface area contributed by atoms with E-state index in [9.17, 15) is 9.59 Å². The van der Waals surface area contributed by atoms with E-state index in [4.69, 9.17) is 10.8 Å². The number of carboxylic acid groups (broad SMARTS) is 1. The van der Waals surface area contributed by atoms with E-state index in [1.807, 2.05) is 6.07 Å². The van der Waals surface area contributed by atoms with Crippen LogP contribution in [0.1, 0.15) is 18.5 Å². The number of nitrogens with one attached hydrogen (secondary N) is 1. The van der Waals surface area contributed by atoms with Gasteiger partial charge in [0.15, 0.2) is 0 Å². The van der Waals surface area contributed by atoms with Gasteiger partial charge >= 0.3 is 12.0 Å². The molecule has 0 radical (unpaired) electrons. The lowest BCUT2D eigenvalue weighted by Gasteiger charge is -2.28. The van der Waals surface area contributed by atoms with Crippen molar-refractivity contribution < 1.29 is 14.7 Å². The Morgan fingerprint density at radius 2 is 2.35 bits per heavy atom. The highest BCUT2D eigenvalue weighted by molar-refractivity contribution is 5.92.